The number of aromatic nitrogens is 4. The molecule has 8 nitrogen and oxygen atoms in total. The van der Waals surface area contributed by atoms with Crippen LogP contribution >= 0.6 is 0 Å². The van der Waals surface area contributed by atoms with E-state index >= 15 is 0 Å². The van der Waals surface area contributed by atoms with Gasteiger partial charge in [-0.2, -0.15) is 14.9 Å². The maximum Gasteiger partial charge on any atom is 0.256 e. The molecule has 1 amide bonds. The van der Waals surface area contributed by atoms with Crippen LogP contribution in [0.5, 0.6) is 0 Å². The van der Waals surface area contributed by atoms with Gasteiger partial charge in [-0.05, 0) is 19.1 Å². The molecular formula is C12H16N6O2. The molecule has 2 aromatic heterocycles. The number of ether oxygens (including phenoxy) is 1. The lowest BCUT2D eigenvalue weighted by Gasteiger charge is -2.05. The van der Waals surface area contributed by atoms with Crippen molar-refractivity contribution >= 4 is 11.7 Å². The molecule has 0 aliphatic carbocycles. The summed E-state index contributed by atoms with van der Waals surface area (Å²) >= 11 is 0. The van der Waals surface area contributed by atoms with Crippen LogP contribution in [0.15, 0.2) is 18.3 Å². The van der Waals surface area contributed by atoms with Gasteiger partial charge in [-0.3, -0.25) is 4.79 Å². The fourth-order valence-electron chi connectivity index (χ4n) is 1.58. The first-order valence-electron chi connectivity index (χ1n) is 6.05. The summed E-state index contributed by atoms with van der Waals surface area (Å²) in [6.07, 6.45) is 1.40. The minimum atomic E-state index is -0.300. The predicted octanol–water partition coefficient (Wildman–Crippen LogP) is -0.0709. The Bertz CT molecular complexity index is 592. The number of nitrogens with one attached hydrogen (secondary N) is 1. The van der Waals surface area contributed by atoms with Crippen molar-refractivity contribution in [1.29, 1.82) is 0 Å². The molecule has 3 N–H and O–H groups in total. The molecule has 8 heteroatoms. The quantitative estimate of drug-likeness (QED) is 0.740. The van der Waals surface area contributed by atoms with Gasteiger partial charge in [0.1, 0.15) is 11.4 Å². The first kappa shape index (κ1) is 13.9. The Kier molecular flexibility index (Phi) is 4.26. The van der Waals surface area contributed by atoms with Crippen LogP contribution in [0.1, 0.15) is 16.1 Å². The van der Waals surface area contributed by atoms with E-state index in [0.717, 1.165) is 5.69 Å². The fraction of sp³-hybridized carbons (Fsp3) is 0.333. The zero-order chi connectivity index (χ0) is 14.5. The number of nitrogen functional groups attached to an aromatic ring is 1. The standard InChI is InChI=1S/C12H16N6O2/c1-8-3-4-10(17-16-8)18-11(13)9(7-15-18)12(19)14-5-6-20-2/h3-4,7H,5-6,13H2,1-2H3,(H,14,19). The average molecular weight is 276 g/mol. The number of nitrogens with zero attached hydrogens (tertiary/aromatic N) is 4. The Balaban J connectivity index is 2.18. The topological polar surface area (TPSA) is 108 Å². The highest BCUT2D eigenvalue weighted by Crippen LogP contribution is 2.15. The van der Waals surface area contributed by atoms with Crippen LogP contribution in [0, 0.1) is 6.92 Å². The molecular weight excluding hydrogens is 260 g/mol. The second-order valence-electron chi connectivity index (χ2n) is 4.14. The van der Waals surface area contributed by atoms with Crippen LogP contribution < -0.4 is 11.1 Å². The summed E-state index contributed by atoms with van der Waals surface area (Å²) in [4.78, 5) is 11.9. The van der Waals surface area contributed by atoms with Gasteiger partial charge in [0.2, 0.25) is 0 Å². The smallest absolute Gasteiger partial charge is 0.256 e. The first-order valence-corrected chi connectivity index (χ1v) is 6.05. The van der Waals surface area contributed by atoms with Crippen molar-refractivity contribution in [2.45, 2.75) is 6.92 Å². The monoisotopic (exact) mass is 276 g/mol. The summed E-state index contributed by atoms with van der Waals surface area (Å²) in [6.45, 7) is 2.67. The van der Waals surface area contributed by atoms with Crippen molar-refractivity contribution in [3.8, 4) is 5.82 Å². The second-order valence-corrected chi connectivity index (χ2v) is 4.14. The molecule has 0 atom stereocenters. The summed E-state index contributed by atoms with van der Waals surface area (Å²) < 4.78 is 6.23. The Labute approximate surface area is 115 Å². The molecule has 2 heterocycles. The van der Waals surface area contributed by atoms with Gasteiger partial charge < -0.3 is 15.8 Å². The first-order chi connectivity index (χ1) is 9.63. The highest BCUT2D eigenvalue weighted by molar-refractivity contribution is 5.98. The third kappa shape index (κ3) is 2.91. The predicted molar refractivity (Wildman–Crippen MR) is 72.5 cm³/mol. The molecule has 0 aliphatic heterocycles. The minimum absolute atomic E-state index is 0.220. The highest BCUT2D eigenvalue weighted by Gasteiger charge is 2.16. The minimum Gasteiger partial charge on any atom is -0.383 e. The van der Waals surface area contributed by atoms with E-state index in [0.29, 0.717) is 24.5 Å². The second kappa shape index (κ2) is 6.11. The van der Waals surface area contributed by atoms with Gasteiger partial charge in [0, 0.05) is 13.7 Å². The molecule has 20 heavy (non-hydrogen) atoms. The zero-order valence-electron chi connectivity index (χ0n) is 11.3. The molecule has 2 aromatic rings. The van der Waals surface area contributed by atoms with Gasteiger partial charge in [0.25, 0.3) is 5.91 Å². The summed E-state index contributed by atoms with van der Waals surface area (Å²) in [5.41, 5.74) is 7.00. The molecule has 2 rings (SSSR count). The molecule has 0 saturated heterocycles. The molecule has 0 aromatic carbocycles. The van der Waals surface area contributed by atoms with Crippen LogP contribution in [-0.2, 0) is 4.74 Å². The number of amides is 1. The molecule has 106 valence electrons. The van der Waals surface area contributed by atoms with Crippen molar-refractivity contribution in [3.63, 3.8) is 0 Å². The van der Waals surface area contributed by atoms with Gasteiger partial charge in [0.05, 0.1) is 18.5 Å². The number of aryl methyl sites for hydroxylation is 1. The molecule has 0 unspecified atom stereocenters. The molecule has 0 fully saturated rings. The number of hydrogen-bond acceptors (Lipinski definition) is 6. The molecule has 0 bridgehead atoms. The SMILES string of the molecule is COCCNC(=O)c1cnn(-c2ccc(C)nn2)c1N. The average Bonchev–Trinajstić information content (AvgIpc) is 2.82. The van der Waals surface area contributed by atoms with Crippen LogP contribution in [-0.4, -0.2) is 46.1 Å². The molecule has 0 saturated carbocycles. The number of hydrogen-bond donors (Lipinski definition) is 2. The molecule has 0 aliphatic rings. The van der Waals surface area contributed by atoms with Crippen LogP contribution in [0.4, 0.5) is 5.82 Å². The van der Waals surface area contributed by atoms with E-state index in [-0.39, 0.29) is 11.7 Å². The van der Waals surface area contributed by atoms with Gasteiger partial charge in [-0.25, -0.2) is 0 Å². The Morgan fingerprint density at radius 3 is 2.90 bits per heavy atom. The van der Waals surface area contributed by atoms with Crippen LogP contribution in [0.2, 0.25) is 0 Å². The number of carbonyl (C=O) groups excluding carboxylic acids is 1. The van der Waals surface area contributed by atoms with Crippen molar-refractivity contribution in [2.24, 2.45) is 0 Å². The largest absolute Gasteiger partial charge is 0.383 e. The third-order valence-corrected chi connectivity index (χ3v) is 2.64. The normalized spacial score (nSPS) is 10.5. The van der Waals surface area contributed by atoms with E-state index < -0.39 is 0 Å². The van der Waals surface area contributed by atoms with E-state index in [4.69, 9.17) is 10.5 Å². The van der Waals surface area contributed by atoms with Crippen molar-refractivity contribution < 1.29 is 9.53 Å². The highest BCUT2D eigenvalue weighted by atomic mass is 16.5. The maximum atomic E-state index is 11.9. The summed E-state index contributed by atoms with van der Waals surface area (Å²) in [5, 5.41) is 14.6. The van der Waals surface area contributed by atoms with Gasteiger partial charge in [0.15, 0.2) is 5.82 Å². The molecule has 0 radical (unpaired) electrons. The Morgan fingerprint density at radius 2 is 2.25 bits per heavy atom. The van der Waals surface area contributed by atoms with Gasteiger partial charge in [-0.15, -0.1) is 5.10 Å². The third-order valence-electron chi connectivity index (χ3n) is 2.64. The van der Waals surface area contributed by atoms with Crippen molar-refractivity contribution in [2.75, 3.05) is 26.0 Å². The van der Waals surface area contributed by atoms with E-state index in [1.807, 2.05) is 6.92 Å². The Hall–Kier alpha value is -2.48. The number of nitrogens with two attached hydrogens (primary N) is 1. The lowest BCUT2D eigenvalue weighted by molar-refractivity contribution is 0.0938. The fourth-order valence-corrected chi connectivity index (χ4v) is 1.58. The number of carbonyl (C=O) groups is 1. The number of rotatable bonds is 5. The van der Waals surface area contributed by atoms with Crippen molar-refractivity contribution in [3.05, 3.63) is 29.6 Å². The lowest BCUT2D eigenvalue weighted by Crippen LogP contribution is -2.27. The summed E-state index contributed by atoms with van der Waals surface area (Å²) in [5.74, 6) is 0.382. The van der Waals surface area contributed by atoms with E-state index in [1.54, 1.807) is 19.2 Å². The maximum absolute atomic E-state index is 11.9. The Morgan fingerprint density at radius 1 is 1.45 bits per heavy atom. The van der Waals surface area contributed by atoms with E-state index in [1.165, 1.54) is 10.9 Å². The zero-order valence-corrected chi connectivity index (χ0v) is 11.3. The van der Waals surface area contributed by atoms with E-state index in [2.05, 4.69) is 20.6 Å². The van der Waals surface area contributed by atoms with E-state index in [9.17, 15) is 4.79 Å². The summed E-state index contributed by atoms with van der Waals surface area (Å²) in [7, 11) is 1.56. The van der Waals surface area contributed by atoms with Gasteiger partial charge in [-0.1, -0.05) is 0 Å². The number of methoxy groups -OCH3 is 1. The number of anilines is 1. The van der Waals surface area contributed by atoms with Crippen LogP contribution in [0.3, 0.4) is 0 Å². The van der Waals surface area contributed by atoms with Gasteiger partial charge >= 0.3 is 0 Å². The lowest BCUT2D eigenvalue weighted by atomic mass is 10.3. The summed E-state index contributed by atoms with van der Waals surface area (Å²) in [6, 6.07) is 3.53. The van der Waals surface area contributed by atoms with Crippen molar-refractivity contribution in [1.82, 2.24) is 25.3 Å². The molecule has 0 spiro atoms. The van der Waals surface area contributed by atoms with Crippen LogP contribution in [0.25, 0.3) is 5.82 Å².